The Morgan fingerprint density at radius 3 is 2.49 bits per heavy atom. The molecule has 0 aliphatic carbocycles. The van der Waals surface area contributed by atoms with Crippen LogP contribution < -0.4 is 10.2 Å². The van der Waals surface area contributed by atoms with E-state index in [-0.39, 0.29) is 18.3 Å². The molecule has 8 nitrogen and oxygen atoms in total. The van der Waals surface area contributed by atoms with Crippen LogP contribution in [-0.4, -0.2) is 24.7 Å². The number of carbonyl (C=O) groups is 2. The number of ether oxygens (including phenoxy) is 2. The largest absolute Gasteiger partial charge is 0.486 e. The van der Waals surface area contributed by atoms with E-state index in [2.05, 4.69) is 26.5 Å². The lowest BCUT2D eigenvalue weighted by atomic mass is 10.1. The smallest absolute Gasteiger partial charge is 0.338 e. The van der Waals surface area contributed by atoms with Crippen LogP contribution in [-0.2, 0) is 11.3 Å². The van der Waals surface area contributed by atoms with E-state index in [1.165, 1.54) is 6.21 Å². The van der Waals surface area contributed by atoms with E-state index < -0.39 is 5.91 Å². The minimum absolute atomic E-state index is 0.110. The zero-order valence-corrected chi connectivity index (χ0v) is 20.3. The van der Waals surface area contributed by atoms with Gasteiger partial charge in [0.1, 0.15) is 29.6 Å². The number of nitrogens with one attached hydrogen (secondary N) is 1. The van der Waals surface area contributed by atoms with Crippen molar-refractivity contribution in [1.82, 2.24) is 5.43 Å². The number of hydrogen-bond donors (Lipinski definition) is 1. The number of carbonyl (C=O) groups excluding carboxylic acids is 2. The van der Waals surface area contributed by atoms with Gasteiger partial charge in [0.05, 0.1) is 18.4 Å². The summed E-state index contributed by atoms with van der Waals surface area (Å²) in [5.41, 5.74) is 3.65. The van der Waals surface area contributed by atoms with E-state index in [0.29, 0.717) is 35.2 Å². The summed E-state index contributed by atoms with van der Waals surface area (Å²) in [6.07, 6.45) is 1.38. The van der Waals surface area contributed by atoms with Crippen molar-refractivity contribution in [1.29, 1.82) is 0 Å². The lowest BCUT2D eigenvalue weighted by Gasteiger charge is -2.03. The molecule has 0 radical (unpaired) electrons. The van der Waals surface area contributed by atoms with Gasteiger partial charge in [0, 0.05) is 10.0 Å². The predicted molar refractivity (Wildman–Crippen MR) is 132 cm³/mol. The SMILES string of the molecule is CCOC(=O)c1ccc(-c2ccc(/C=N/NC(=O)c3ccc(COc4ccc(Br)cc4)o3)o2)cc1. The number of rotatable bonds is 9. The third-order valence-corrected chi connectivity index (χ3v) is 5.27. The summed E-state index contributed by atoms with van der Waals surface area (Å²) < 4.78 is 22.8. The van der Waals surface area contributed by atoms with E-state index in [1.807, 2.05) is 24.3 Å². The second-order valence-electron chi connectivity index (χ2n) is 7.21. The number of esters is 1. The Kier molecular flexibility index (Phi) is 7.79. The maximum Gasteiger partial charge on any atom is 0.338 e. The number of halogens is 1. The highest BCUT2D eigenvalue weighted by atomic mass is 79.9. The highest BCUT2D eigenvalue weighted by Gasteiger charge is 2.12. The average Bonchev–Trinajstić information content (AvgIpc) is 3.54. The molecular weight excluding hydrogens is 516 g/mol. The Morgan fingerprint density at radius 2 is 1.74 bits per heavy atom. The van der Waals surface area contributed by atoms with Gasteiger partial charge in [-0.3, -0.25) is 4.79 Å². The first kappa shape index (κ1) is 24.0. The van der Waals surface area contributed by atoms with Crippen molar-refractivity contribution in [3.05, 3.63) is 100 Å². The summed E-state index contributed by atoms with van der Waals surface area (Å²) in [6, 6.07) is 21.0. The van der Waals surface area contributed by atoms with Gasteiger partial charge in [-0.2, -0.15) is 5.10 Å². The van der Waals surface area contributed by atoms with Crippen molar-refractivity contribution in [2.75, 3.05) is 6.61 Å². The van der Waals surface area contributed by atoms with Crippen LogP contribution in [0.25, 0.3) is 11.3 Å². The molecule has 0 aliphatic rings. The van der Waals surface area contributed by atoms with Gasteiger partial charge in [-0.1, -0.05) is 28.1 Å². The molecule has 0 fully saturated rings. The van der Waals surface area contributed by atoms with E-state index in [0.717, 1.165) is 10.0 Å². The van der Waals surface area contributed by atoms with Crippen LogP contribution in [0.15, 0.2) is 91.2 Å². The molecule has 178 valence electrons. The van der Waals surface area contributed by atoms with Crippen LogP contribution >= 0.6 is 15.9 Å². The Labute approximate surface area is 209 Å². The third-order valence-electron chi connectivity index (χ3n) is 4.75. The standard InChI is InChI=1S/C26H21BrN2O6/c1-2-32-26(31)18-5-3-17(4-6-18)23-13-11-21(34-23)15-28-29-25(30)24-14-12-22(35-24)16-33-20-9-7-19(27)8-10-20/h3-15H,2,16H2,1H3,(H,29,30)/b28-15+. The van der Waals surface area contributed by atoms with Crippen LogP contribution in [0.4, 0.5) is 0 Å². The monoisotopic (exact) mass is 536 g/mol. The Balaban J connectivity index is 1.29. The number of hydrazone groups is 1. The van der Waals surface area contributed by atoms with E-state index in [1.54, 1.807) is 55.5 Å². The van der Waals surface area contributed by atoms with Crippen molar-refractivity contribution in [2.45, 2.75) is 13.5 Å². The molecule has 4 rings (SSSR count). The highest BCUT2D eigenvalue weighted by Crippen LogP contribution is 2.22. The maximum atomic E-state index is 12.3. The molecule has 4 aromatic rings. The third kappa shape index (κ3) is 6.48. The fourth-order valence-corrected chi connectivity index (χ4v) is 3.30. The molecule has 0 unspecified atom stereocenters. The topological polar surface area (TPSA) is 103 Å². The molecule has 0 bridgehead atoms. The minimum atomic E-state index is -0.502. The molecule has 0 saturated heterocycles. The van der Waals surface area contributed by atoms with Crippen LogP contribution in [0.1, 0.15) is 39.4 Å². The summed E-state index contributed by atoms with van der Waals surface area (Å²) in [5.74, 6) is 1.46. The molecule has 1 amide bonds. The second kappa shape index (κ2) is 11.3. The van der Waals surface area contributed by atoms with E-state index in [4.69, 9.17) is 18.3 Å². The fourth-order valence-electron chi connectivity index (χ4n) is 3.03. The summed E-state index contributed by atoms with van der Waals surface area (Å²) in [6.45, 7) is 2.27. The van der Waals surface area contributed by atoms with Gasteiger partial charge in [-0.15, -0.1) is 0 Å². The zero-order chi connectivity index (χ0) is 24.6. The summed E-state index contributed by atoms with van der Waals surface area (Å²) in [4.78, 5) is 24.1. The van der Waals surface area contributed by atoms with Crippen LogP contribution in [0.3, 0.4) is 0 Å². The predicted octanol–water partition coefficient (Wildman–Crippen LogP) is 5.82. The van der Waals surface area contributed by atoms with Crippen LogP contribution in [0.2, 0.25) is 0 Å². The van der Waals surface area contributed by atoms with Crippen LogP contribution in [0.5, 0.6) is 5.75 Å². The number of furan rings is 2. The van der Waals surface area contributed by atoms with Gasteiger partial charge in [0.25, 0.3) is 0 Å². The number of hydrogen-bond acceptors (Lipinski definition) is 7. The lowest BCUT2D eigenvalue weighted by Crippen LogP contribution is -2.16. The molecule has 9 heteroatoms. The van der Waals surface area contributed by atoms with Gasteiger partial charge >= 0.3 is 11.9 Å². The van der Waals surface area contributed by atoms with Crippen molar-refractivity contribution in [3.8, 4) is 17.1 Å². The summed E-state index contributed by atoms with van der Waals surface area (Å²) in [5, 5.41) is 3.92. The molecule has 2 aromatic carbocycles. The second-order valence-corrected chi connectivity index (χ2v) is 8.12. The van der Waals surface area contributed by atoms with Crippen LogP contribution in [0, 0.1) is 0 Å². The first-order chi connectivity index (χ1) is 17.0. The van der Waals surface area contributed by atoms with Crippen molar-refractivity contribution in [3.63, 3.8) is 0 Å². The molecular formula is C26H21BrN2O6. The van der Waals surface area contributed by atoms with E-state index in [9.17, 15) is 9.59 Å². The number of benzene rings is 2. The maximum absolute atomic E-state index is 12.3. The molecule has 0 aliphatic heterocycles. The lowest BCUT2D eigenvalue weighted by molar-refractivity contribution is 0.0526. The molecule has 2 aromatic heterocycles. The Bertz CT molecular complexity index is 1320. The summed E-state index contributed by atoms with van der Waals surface area (Å²) >= 11 is 3.37. The van der Waals surface area contributed by atoms with Gasteiger partial charge < -0.3 is 18.3 Å². The molecule has 2 heterocycles. The first-order valence-electron chi connectivity index (χ1n) is 10.7. The van der Waals surface area contributed by atoms with Crippen molar-refractivity contribution < 1.29 is 27.9 Å². The van der Waals surface area contributed by atoms with Gasteiger partial charge in [0.2, 0.25) is 0 Å². The molecule has 0 atom stereocenters. The molecule has 1 N–H and O–H groups in total. The normalized spacial score (nSPS) is 10.9. The Hall–Kier alpha value is -4.11. The molecule has 0 saturated carbocycles. The van der Waals surface area contributed by atoms with Gasteiger partial charge in [-0.05, 0) is 67.6 Å². The fraction of sp³-hybridized carbons (Fsp3) is 0.115. The number of nitrogens with zero attached hydrogens (tertiary/aromatic N) is 1. The quantitative estimate of drug-likeness (QED) is 0.164. The Morgan fingerprint density at radius 1 is 0.971 bits per heavy atom. The minimum Gasteiger partial charge on any atom is -0.486 e. The van der Waals surface area contributed by atoms with Crippen molar-refractivity contribution in [2.24, 2.45) is 5.10 Å². The zero-order valence-electron chi connectivity index (χ0n) is 18.7. The highest BCUT2D eigenvalue weighted by molar-refractivity contribution is 9.10. The molecule has 0 spiro atoms. The van der Waals surface area contributed by atoms with Gasteiger partial charge in [0.15, 0.2) is 5.76 Å². The molecule has 35 heavy (non-hydrogen) atoms. The summed E-state index contributed by atoms with van der Waals surface area (Å²) in [7, 11) is 0. The van der Waals surface area contributed by atoms with Crippen molar-refractivity contribution >= 4 is 34.0 Å². The van der Waals surface area contributed by atoms with Gasteiger partial charge in [-0.25, -0.2) is 10.2 Å². The number of amides is 1. The average molecular weight is 537 g/mol. The van der Waals surface area contributed by atoms with E-state index >= 15 is 0 Å². The first-order valence-corrected chi connectivity index (χ1v) is 11.5.